The minimum Gasteiger partial charge on any atom is -0.468 e. The van der Waals surface area contributed by atoms with Gasteiger partial charge in [0.05, 0.1) is 24.8 Å². The summed E-state index contributed by atoms with van der Waals surface area (Å²) in [6.07, 6.45) is 1.04. The standard InChI is InChI=1S/C15H18N4O5S3/c1-10-5-4-6-11(7-10)19(27(3,22)23)8-12(20)16-14-17-18-15(26-14)25-9-13(21)24-2/h4-7H,8-9H2,1-3H3,(H,16,17,20). The molecule has 12 heteroatoms. The van der Waals surface area contributed by atoms with Crippen molar-refractivity contribution in [2.24, 2.45) is 0 Å². The molecule has 9 nitrogen and oxygen atoms in total. The summed E-state index contributed by atoms with van der Waals surface area (Å²) in [5.41, 5.74) is 1.28. The summed E-state index contributed by atoms with van der Waals surface area (Å²) in [5, 5.41) is 10.4. The van der Waals surface area contributed by atoms with Crippen LogP contribution in [0.25, 0.3) is 0 Å². The molecule has 0 unspecified atom stereocenters. The van der Waals surface area contributed by atoms with Gasteiger partial charge in [0, 0.05) is 0 Å². The number of sulfonamides is 1. The molecule has 1 aromatic carbocycles. The average molecular weight is 431 g/mol. The van der Waals surface area contributed by atoms with Crippen LogP contribution in [0.4, 0.5) is 10.8 Å². The summed E-state index contributed by atoms with van der Waals surface area (Å²) in [5.74, 6) is -0.876. The molecule has 0 saturated heterocycles. The Morgan fingerprint density at radius 1 is 1.33 bits per heavy atom. The van der Waals surface area contributed by atoms with Gasteiger partial charge in [0.25, 0.3) is 0 Å². The number of esters is 1. The molecule has 146 valence electrons. The van der Waals surface area contributed by atoms with Gasteiger partial charge in [-0.15, -0.1) is 10.2 Å². The molecule has 0 aliphatic rings. The van der Waals surface area contributed by atoms with Gasteiger partial charge in [0.1, 0.15) is 6.54 Å². The van der Waals surface area contributed by atoms with E-state index in [0.717, 1.165) is 39.2 Å². The van der Waals surface area contributed by atoms with E-state index in [0.29, 0.717) is 10.0 Å². The summed E-state index contributed by atoms with van der Waals surface area (Å²) in [6.45, 7) is 1.44. The van der Waals surface area contributed by atoms with E-state index in [1.807, 2.05) is 13.0 Å². The van der Waals surface area contributed by atoms with Crippen molar-refractivity contribution < 1.29 is 22.7 Å². The van der Waals surface area contributed by atoms with E-state index in [1.54, 1.807) is 18.2 Å². The lowest BCUT2D eigenvalue weighted by Crippen LogP contribution is -2.37. The van der Waals surface area contributed by atoms with Crippen molar-refractivity contribution in [2.45, 2.75) is 11.3 Å². The highest BCUT2D eigenvalue weighted by atomic mass is 32.2. The van der Waals surface area contributed by atoms with Crippen molar-refractivity contribution in [1.29, 1.82) is 0 Å². The second-order valence-corrected chi connectivity index (χ2v) is 9.50. The zero-order chi connectivity index (χ0) is 20.0. The highest BCUT2D eigenvalue weighted by molar-refractivity contribution is 8.01. The van der Waals surface area contributed by atoms with Gasteiger partial charge in [-0.1, -0.05) is 35.2 Å². The number of hydrogen-bond acceptors (Lipinski definition) is 9. The molecule has 1 amide bonds. The molecule has 0 aliphatic heterocycles. The number of anilines is 2. The lowest BCUT2D eigenvalue weighted by molar-refractivity contribution is -0.137. The molecule has 2 aromatic rings. The van der Waals surface area contributed by atoms with Crippen LogP contribution in [0.5, 0.6) is 0 Å². The Hall–Kier alpha value is -2.18. The van der Waals surface area contributed by atoms with Crippen molar-refractivity contribution in [3.8, 4) is 0 Å². The molecule has 0 spiro atoms. The molecular formula is C15H18N4O5S3. The highest BCUT2D eigenvalue weighted by Gasteiger charge is 2.21. The molecule has 27 heavy (non-hydrogen) atoms. The van der Waals surface area contributed by atoms with Crippen LogP contribution in [0.1, 0.15) is 5.56 Å². The normalized spacial score (nSPS) is 11.1. The molecule has 0 saturated carbocycles. The molecule has 0 aliphatic carbocycles. The van der Waals surface area contributed by atoms with Crippen molar-refractivity contribution in [3.63, 3.8) is 0 Å². The van der Waals surface area contributed by atoms with E-state index < -0.39 is 28.4 Å². The molecular weight excluding hydrogens is 412 g/mol. The van der Waals surface area contributed by atoms with Gasteiger partial charge in [0.15, 0.2) is 4.34 Å². The Labute approximate surface area is 165 Å². The van der Waals surface area contributed by atoms with Crippen LogP contribution in [0.3, 0.4) is 0 Å². The SMILES string of the molecule is COC(=O)CSc1nnc(NC(=O)CN(c2cccc(C)c2)S(C)(=O)=O)s1. The molecule has 1 N–H and O–H groups in total. The zero-order valence-corrected chi connectivity index (χ0v) is 17.3. The highest BCUT2D eigenvalue weighted by Crippen LogP contribution is 2.25. The first kappa shape index (κ1) is 21.1. The van der Waals surface area contributed by atoms with E-state index >= 15 is 0 Å². The number of benzene rings is 1. The maximum atomic E-state index is 12.3. The summed E-state index contributed by atoms with van der Waals surface area (Å²) in [6, 6.07) is 6.85. The third-order valence-electron chi connectivity index (χ3n) is 3.17. The average Bonchev–Trinajstić information content (AvgIpc) is 3.03. The number of aromatic nitrogens is 2. The summed E-state index contributed by atoms with van der Waals surface area (Å²) in [4.78, 5) is 23.4. The van der Waals surface area contributed by atoms with Crippen LogP contribution < -0.4 is 9.62 Å². The van der Waals surface area contributed by atoms with Crippen LogP contribution in [0.2, 0.25) is 0 Å². The first-order valence-corrected chi connectivity index (χ1v) is 11.2. The monoisotopic (exact) mass is 430 g/mol. The Kier molecular flexibility index (Phi) is 7.16. The number of rotatable bonds is 8. The first-order chi connectivity index (χ1) is 12.7. The van der Waals surface area contributed by atoms with Gasteiger partial charge in [-0.05, 0) is 24.6 Å². The van der Waals surface area contributed by atoms with Gasteiger partial charge in [-0.25, -0.2) is 8.42 Å². The van der Waals surface area contributed by atoms with Gasteiger partial charge in [-0.2, -0.15) is 0 Å². The Bertz CT molecular complexity index is 929. The van der Waals surface area contributed by atoms with E-state index in [2.05, 4.69) is 20.3 Å². The summed E-state index contributed by atoms with van der Waals surface area (Å²) in [7, 11) is -2.37. The van der Waals surface area contributed by atoms with Crippen molar-refractivity contribution >= 4 is 55.8 Å². The van der Waals surface area contributed by atoms with Crippen LogP contribution >= 0.6 is 23.1 Å². The number of amides is 1. The van der Waals surface area contributed by atoms with Gasteiger partial charge in [0.2, 0.25) is 21.1 Å². The van der Waals surface area contributed by atoms with Crippen molar-refractivity contribution in [3.05, 3.63) is 29.8 Å². The number of nitrogens with one attached hydrogen (secondary N) is 1. The smallest absolute Gasteiger partial charge is 0.316 e. The molecule has 0 atom stereocenters. The quantitative estimate of drug-likeness (QED) is 0.380. The second kappa shape index (κ2) is 9.15. The first-order valence-electron chi connectivity index (χ1n) is 7.56. The van der Waals surface area contributed by atoms with Crippen LogP contribution in [0, 0.1) is 6.92 Å². The Morgan fingerprint density at radius 2 is 2.07 bits per heavy atom. The number of ether oxygens (including phenoxy) is 1. The molecule has 0 bridgehead atoms. The second-order valence-electron chi connectivity index (χ2n) is 5.39. The van der Waals surface area contributed by atoms with E-state index in [4.69, 9.17) is 0 Å². The Balaban J connectivity index is 2.04. The fourth-order valence-corrected chi connectivity index (χ4v) is 4.42. The number of hydrogen-bond donors (Lipinski definition) is 1. The molecule has 0 fully saturated rings. The lowest BCUT2D eigenvalue weighted by Gasteiger charge is -2.21. The van der Waals surface area contributed by atoms with Crippen LogP contribution in [-0.2, 0) is 24.3 Å². The third-order valence-corrected chi connectivity index (χ3v) is 6.26. The van der Waals surface area contributed by atoms with Crippen LogP contribution in [0.15, 0.2) is 28.6 Å². The van der Waals surface area contributed by atoms with Crippen molar-refractivity contribution in [2.75, 3.05) is 35.3 Å². The number of methoxy groups -OCH3 is 1. The Morgan fingerprint density at radius 3 is 2.70 bits per heavy atom. The predicted octanol–water partition coefficient (Wildman–Crippen LogP) is 1.52. The maximum Gasteiger partial charge on any atom is 0.316 e. The topological polar surface area (TPSA) is 119 Å². The maximum absolute atomic E-state index is 12.3. The molecule has 1 aromatic heterocycles. The zero-order valence-electron chi connectivity index (χ0n) is 14.8. The molecule has 0 radical (unpaired) electrons. The predicted molar refractivity (Wildman–Crippen MR) is 105 cm³/mol. The van der Waals surface area contributed by atoms with Gasteiger partial charge in [-0.3, -0.25) is 19.2 Å². The van der Waals surface area contributed by atoms with Crippen LogP contribution in [-0.4, -0.2) is 56.2 Å². The number of nitrogens with zero attached hydrogens (tertiary/aromatic N) is 3. The van der Waals surface area contributed by atoms with E-state index in [9.17, 15) is 18.0 Å². The summed E-state index contributed by atoms with van der Waals surface area (Å²) < 4.78 is 30.2. The number of carbonyl (C=O) groups excluding carboxylic acids is 2. The minimum absolute atomic E-state index is 0.0777. The summed E-state index contributed by atoms with van der Waals surface area (Å²) >= 11 is 2.21. The van der Waals surface area contributed by atoms with E-state index in [-0.39, 0.29) is 10.9 Å². The number of aryl methyl sites for hydroxylation is 1. The van der Waals surface area contributed by atoms with Crippen molar-refractivity contribution in [1.82, 2.24) is 10.2 Å². The number of carbonyl (C=O) groups is 2. The third kappa shape index (κ3) is 6.48. The molecule has 1 heterocycles. The molecule has 2 rings (SSSR count). The van der Waals surface area contributed by atoms with Gasteiger partial charge < -0.3 is 4.74 Å². The largest absolute Gasteiger partial charge is 0.468 e. The minimum atomic E-state index is -3.65. The lowest BCUT2D eigenvalue weighted by atomic mass is 10.2. The fraction of sp³-hybridized carbons (Fsp3) is 0.333. The number of thioether (sulfide) groups is 1. The van der Waals surface area contributed by atoms with E-state index in [1.165, 1.54) is 7.11 Å². The fourth-order valence-electron chi connectivity index (χ4n) is 1.97. The van der Waals surface area contributed by atoms with Gasteiger partial charge >= 0.3 is 5.97 Å².